The Labute approximate surface area is 123 Å². The van der Waals surface area contributed by atoms with Crippen molar-refractivity contribution >= 4 is 21.6 Å². The standard InChI is InChI=1S/C14H12BrFN4/c15-9-1-2-12(16)11(7-9)13-3-4-14-18-10(5-6-17)8-20(14)19-13/h1-4,7-8H,5-6,17H2. The lowest BCUT2D eigenvalue weighted by atomic mass is 10.1. The summed E-state index contributed by atoms with van der Waals surface area (Å²) in [5.41, 5.74) is 8.14. The van der Waals surface area contributed by atoms with Gasteiger partial charge in [0.15, 0.2) is 5.65 Å². The van der Waals surface area contributed by atoms with Crippen molar-refractivity contribution in [2.45, 2.75) is 6.42 Å². The first-order chi connectivity index (χ1) is 9.67. The molecule has 0 unspecified atom stereocenters. The third kappa shape index (κ3) is 2.44. The van der Waals surface area contributed by atoms with Gasteiger partial charge in [-0.25, -0.2) is 13.9 Å². The maximum Gasteiger partial charge on any atom is 0.153 e. The van der Waals surface area contributed by atoms with Gasteiger partial charge < -0.3 is 5.73 Å². The molecule has 6 heteroatoms. The van der Waals surface area contributed by atoms with Crippen LogP contribution in [0.15, 0.2) is 41.0 Å². The summed E-state index contributed by atoms with van der Waals surface area (Å²) in [4.78, 5) is 4.39. The molecule has 0 amide bonds. The van der Waals surface area contributed by atoms with Gasteiger partial charge in [-0.3, -0.25) is 0 Å². The van der Waals surface area contributed by atoms with E-state index in [0.29, 0.717) is 24.2 Å². The Morgan fingerprint density at radius 1 is 1.25 bits per heavy atom. The van der Waals surface area contributed by atoms with E-state index in [1.165, 1.54) is 6.07 Å². The van der Waals surface area contributed by atoms with Crippen molar-refractivity contribution in [3.63, 3.8) is 0 Å². The summed E-state index contributed by atoms with van der Waals surface area (Å²) in [6.07, 6.45) is 2.52. The average Bonchev–Trinajstić information content (AvgIpc) is 2.83. The molecule has 0 aliphatic carbocycles. The lowest BCUT2D eigenvalue weighted by Crippen LogP contribution is -2.02. The Bertz CT molecular complexity index is 769. The van der Waals surface area contributed by atoms with Gasteiger partial charge in [0.25, 0.3) is 0 Å². The van der Waals surface area contributed by atoms with E-state index in [2.05, 4.69) is 26.0 Å². The minimum absolute atomic E-state index is 0.303. The number of imidazole rings is 1. The first kappa shape index (κ1) is 13.2. The number of rotatable bonds is 3. The van der Waals surface area contributed by atoms with Gasteiger partial charge in [-0.05, 0) is 36.9 Å². The van der Waals surface area contributed by atoms with Crippen LogP contribution >= 0.6 is 15.9 Å². The molecular formula is C14H12BrFN4. The summed E-state index contributed by atoms with van der Waals surface area (Å²) < 4.78 is 16.3. The van der Waals surface area contributed by atoms with Crippen molar-refractivity contribution in [1.82, 2.24) is 14.6 Å². The number of fused-ring (bicyclic) bond motifs is 1. The highest BCUT2D eigenvalue weighted by molar-refractivity contribution is 9.10. The predicted molar refractivity (Wildman–Crippen MR) is 78.8 cm³/mol. The van der Waals surface area contributed by atoms with Crippen molar-refractivity contribution in [3.8, 4) is 11.3 Å². The molecule has 0 radical (unpaired) electrons. The minimum Gasteiger partial charge on any atom is -0.330 e. The van der Waals surface area contributed by atoms with Crippen LogP contribution in [0.1, 0.15) is 5.69 Å². The third-order valence-electron chi connectivity index (χ3n) is 2.97. The average molecular weight is 335 g/mol. The SMILES string of the molecule is NCCc1cn2nc(-c3cc(Br)ccc3F)ccc2n1. The maximum absolute atomic E-state index is 13.9. The van der Waals surface area contributed by atoms with Crippen molar-refractivity contribution in [2.24, 2.45) is 5.73 Å². The Morgan fingerprint density at radius 2 is 2.10 bits per heavy atom. The summed E-state index contributed by atoms with van der Waals surface area (Å²) in [7, 11) is 0. The second-order valence-electron chi connectivity index (χ2n) is 4.42. The second-order valence-corrected chi connectivity index (χ2v) is 5.33. The molecule has 0 aliphatic heterocycles. The van der Waals surface area contributed by atoms with E-state index in [0.717, 1.165) is 15.8 Å². The van der Waals surface area contributed by atoms with E-state index in [9.17, 15) is 4.39 Å². The molecule has 2 heterocycles. The molecule has 0 atom stereocenters. The number of hydrogen-bond donors (Lipinski definition) is 1. The van der Waals surface area contributed by atoms with E-state index in [4.69, 9.17) is 5.73 Å². The van der Waals surface area contributed by atoms with Gasteiger partial charge in [-0.2, -0.15) is 5.10 Å². The number of hydrogen-bond acceptors (Lipinski definition) is 3. The Morgan fingerprint density at radius 3 is 2.90 bits per heavy atom. The van der Waals surface area contributed by atoms with Gasteiger partial charge in [0, 0.05) is 16.5 Å². The quantitative estimate of drug-likeness (QED) is 0.801. The Kier molecular flexibility index (Phi) is 3.50. The number of halogens is 2. The van der Waals surface area contributed by atoms with Crippen LogP contribution in [0, 0.1) is 5.82 Å². The van der Waals surface area contributed by atoms with Gasteiger partial charge in [-0.1, -0.05) is 15.9 Å². The molecule has 3 rings (SSSR count). The van der Waals surface area contributed by atoms with Crippen molar-refractivity contribution in [2.75, 3.05) is 6.54 Å². The third-order valence-corrected chi connectivity index (χ3v) is 3.47. The topological polar surface area (TPSA) is 56.2 Å². The summed E-state index contributed by atoms with van der Waals surface area (Å²) in [5, 5.41) is 4.40. The van der Waals surface area contributed by atoms with Crippen molar-refractivity contribution < 1.29 is 4.39 Å². The fourth-order valence-electron chi connectivity index (χ4n) is 2.04. The molecule has 20 heavy (non-hydrogen) atoms. The summed E-state index contributed by atoms with van der Waals surface area (Å²) in [5.74, 6) is -0.303. The van der Waals surface area contributed by atoms with Crippen molar-refractivity contribution in [1.29, 1.82) is 0 Å². The number of aromatic nitrogens is 3. The molecule has 0 saturated heterocycles. The monoisotopic (exact) mass is 334 g/mol. The normalized spacial score (nSPS) is 11.2. The molecular weight excluding hydrogens is 323 g/mol. The van der Waals surface area contributed by atoms with Crippen LogP contribution in [0.5, 0.6) is 0 Å². The highest BCUT2D eigenvalue weighted by atomic mass is 79.9. The number of nitrogens with zero attached hydrogens (tertiary/aromatic N) is 3. The smallest absolute Gasteiger partial charge is 0.153 e. The lowest BCUT2D eigenvalue weighted by Gasteiger charge is -2.03. The zero-order valence-electron chi connectivity index (χ0n) is 10.6. The van der Waals surface area contributed by atoms with E-state index in [1.54, 1.807) is 22.7 Å². The molecule has 0 saturated carbocycles. The largest absolute Gasteiger partial charge is 0.330 e. The minimum atomic E-state index is -0.303. The van der Waals surface area contributed by atoms with Crippen LogP contribution in [-0.2, 0) is 6.42 Å². The molecule has 0 fully saturated rings. The zero-order valence-corrected chi connectivity index (χ0v) is 12.1. The van der Waals surface area contributed by atoms with Crippen LogP contribution in [0.25, 0.3) is 16.9 Å². The van der Waals surface area contributed by atoms with Crippen molar-refractivity contribution in [3.05, 3.63) is 52.5 Å². The highest BCUT2D eigenvalue weighted by Gasteiger charge is 2.09. The molecule has 2 aromatic heterocycles. The van der Waals surface area contributed by atoms with Crippen LogP contribution in [-0.4, -0.2) is 21.1 Å². The van der Waals surface area contributed by atoms with Crippen LogP contribution in [0.3, 0.4) is 0 Å². The van der Waals surface area contributed by atoms with Gasteiger partial charge in [0.05, 0.1) is 17.6 Å². The molecule has 0 bridgehead atoms. The van der Waals surface area contributed by atoms with Gasteiger partial charge in [-0.15, -0.1) is 0 Å². The maximum atomic E-state index is 13.9. The lowest BCUT2D eigenvalue weighted by molar-refractivity contribution is 0.630. The molecule has 102 valence electrons. The van der Waals surface area contributed by atoms with Crippen LogP contribution in [0.4, 0.5) is 4.39 Å². The highest BCUT2D eigenvalue weighted by Crippen LogP contribution is 2.24. The first-order valence-electron chi connectivity index (χ1n) is 6.18. The summed E-state index contributed by atoms with van der Waals surface area (Å²) in [6, 6.07) is 8.37. The Hall–Kier alpha value is -1.79. The molecule has 0 aliphatic rings. The van der Waals surface area contributed by atoms with E-state index in [-0.39, 0.29) is 5.82 Å². The summed E-state index contributed by atoms with van der Waals surface area (Å²) >= 11 is 3.34. The van der Waals surface area contributed by atoms with Gasteiger partial charge in [0.2, 0.25) is 0 Å². The molecule has 3 aromatic rings. The van der Waals surface area contributed by atoms with E-state index < -0.39 is 0 Å². The van der Waals surface area contributed by atoms with Crippen LogP contribution < -0.4 is 5.73 Å². The molecule has 2 N–H and O–H groups in total. The number of benzene rings is 1. The number of nitrogens with two attached hydrogens (primary N) is 1. The predicted octanol–water partition coefficient (Wildman–Crippen LogP) is 2.80. The van der Waals surface area contributed by atoms with Gasteiger partial charge in [0.1, 0.15) is 5.82 Å². The summed E-state index contributed by atoms with van der Waals surface area (Å²) in [6.45, 7) is 0.539. The molecule has 4 nitrogen and oxygen atoms in total. The van der Waals surface area contributed by atoms with E-state index >= 15 is 0 Å². The Balaban J connectivity index is 2.10. The zero-order chi connectivity index (χ0) is 14.1. The molecule has 0 spiro atoms. The second kappa shape index (κ2) is 5.30. The first-order valence-corrected chi connectivity index (χ1v) is 6.97. The fraction of sp³-hybridized carbons (Fsp3) is 0.143. The fourth-order valence-corrected chi connectivity index (χ4v) is 2.40. The van der Waals surface area contributed by atoms with Crippen LogP contribution in [0.2, 0.25) is 0 Å². The van der Waals surface area contributed by atoms with Gasteiger partial charge >= 0.3 is 0 Å². The van der Waals surface area contributed by atoms with E-state index in [1.807, 2.05) is 12.3 Å². The molecule has 1 aromatic carbocycles.